The van der Waals surface area contributed by atoms with Crippen LogP contribution in [0.2, 0.25) is 10.0 Å². The van der Waals surface area contributed by atoms with Crippen LogP contribution in [0.1, 0.15) is 63.5 Å². The molecule has 256 valence electrons. The second-order valence-electron chi connectivity index (χ2n) is 11.1. The number of benzene rings is 2. The maximum absolute atomic E-state index is 12.7. The van der Waals surface area contributed by atoms with E-state index in [1.165, 1.54) is 7.11 Å². The lowest BCUT2D eigenvalue weighted by atomic mass is 9.90. The standard InChI is InChI=1S/C33H41Cl2N3O9/c1-20-29(46-31(40)43-4)27(24-10-9-11-25(34)28(24)35)30(21(2)38-20)47-32(41)44-17-8-6-5-7-16-37-33(3,42)19-45-23-14-12-22(13-15-23)18-26(36)39/h9-15,27,37-38,42H,5-8,16-19H2,1-4H3,(H2,36,39). The summed E-state index contributed by atoms with van der Waals surface area (Å²) in [5.41, 5.74) is 6.18. The van der Waals surface area contributed by atoms with Crippen LogP contribution < -0.4 is 21.1 Å². The van der Waals surface area contributed by atoms with E-state index in [0.717, 1.165) is 24.8 Å². The van der Waals surface area contributed by atoms with E-state index in [4.69, 9.17) is 47.9 Å². The van der Waals surface area contributed by atoms with Crippen LogP contribution in [0.15, 0.2) is 65.4 Å². The van der Waals surface area contributed by atoms with Crippen molar-refractivity contribution in [1.29, 1.82) is 0 Å². The van der Waals surface area contributed by atoms with Gasteiger partial charge in [0.15, 0.2) is 0 Å². The summed E-state index contributed by atoms with van der Waals surface area (Å²) >= 11 is 12.8. The largest absolute Gasteiger partial charge is 0.513 e. The molecule has 0 aromatic heterocycles. The van der Waals surface area contributed by atoms with Gasteiger partial charge in [0.05, 0.1) is 41.6 Å². The Balaban J connectivity index is 1.43. The molecule has 0 radical (unpaired) electrons. The minimum Gasteiger partial charge on any atom is -0.489 e. The van der Waals surface area contributed by atoms with Crippen LogP contribution in [0, 0.1) is 0 Å². The fraction of sp³-hybridized carbons (Fsp3) is 0.424. The van der Waals surface area contributed by atoms with Crippen LogP contribution in [-0.2, 0) is 30.2 Å². The van der Waals surface area contributed by atoms with Crippen molar-refractivity contribution >= 4 is 41.4 Å². The monoisotopic (exact) mass is 693 g/mol. The molecule has 2 aromatic rings. The number of hydrogen-bond donors (Lipinski definition) is 4. The summed E-state index contributed by atoms with van der Waals surface area (Å²) in [6, 6.07) is 11.9. The van der Waals surface area contributed by atoms with Crippen molar-refractivity contribution in [3.63, 3.8) is 0 Å². The summed E-state index contributed by atoms with van der Waals surface area (Å²) in [5.74, 6) is -0.475. The van der Waals surface area contributed by atoms with Gasteiger partial charge >= 0.3 is 12.3 Å². The summed E-state index contributed by atoms with van der Waals surface area (Å²) < 4.78 is 26.7. The third-order valence-corrected chi connectivity index (χ3v) is 7.94. The number of amides is 1. The quantitative estimate of drug-likeness (QED) is 0.0918. The number of nitrogens with one attached hydrogen (secondary N) is 2. The Kier molecular flexibility index (Phi) is 14.2. The predicted octanol–water partition coefficient (Wildman–Crippen LogP) is 6.04. The number of unbranched alkanes of at least 4 members (excludes halogenated alkanes) is 3. The first-order chi connectivity index (χ1) is 22.3. The van der Waals surface area contributed by atoms with Crippen LogP contribution in [0.3, 0.4) is 0 Å². The second-order valence-corrected chi connectivity index (χ2v) is 11.9. The summed E-state index contributed by atoms with van der Waals surface area (Å²) in [6.07, 6.45) is 1.23. The van der Waals surface area contributed by atoms with Gasteiger partial charge in [0, 0.05) is 0 Å². The Labute approximate surface area is 284 Å². The SMILES string of the molecule is COC(=O)OC1=C(C)NC(C)=C(OC(=O)OCCCCCCNC(C)(O)COc2ccc(CC(N)=O)cc2)C1c1cccc(Cl)c1Cl. The second kappa shape index (κ2) is 17.8. The van der Waals surface area contributed by atoms with Crippen molar-refractivity contribution in [2.24, 2.45) is 5.73 Å². The van der Waals surface area contributed by atoms with Crippen LogP contribution in [0.5, 0.6) is 5.75 Å². The molecule has 12 nitrogen and oxygen atoms in total. The van der Waals surface area contributed by atoms with E-state index in [1.54, 1.807) is 63.2 Å². The van der Waals surface area contributed by atoms with Gasteiger partial charge in [0.25, 0.3) is 0 Å². The van der Waals surface area contributed by atoms with E-state index < -0.39 is 29.9 Å². The molecule has 0 aliphatic carbocycles. The van der Waals surface area contributed by atoms with E-state index >= 15 is 0 Å². The molecule has 1 aliphatic heterocycles. The number of carbonyl (C=O) groups is 3. The number of primary amides is 1. The molecule has 0 fully saturated rings. The highest BCUT2D eigenvalue weighted by Crippen LogP contribution is 2.43. The smallest absolute Gasteiger partial charge is 0.489 e. The lowest BCUT2D eigenvalue weighted by Gasteiger charge is -2.30. The summed E-state index contributed by atoms with van der Waals surface area (Å²) in [6.45, 7) is 5.72. The highest BCUT2D eigenvalue weighted by atomic mass is 35.5. The third-order valence-electron chi connectivity index (χ3n) is 7.10. The van der Waals surface area contributed by atoms with Gasteiger partial charge < -0.3 is 39.8 Å². The van der Waals surface area contributed by atoms with E-state index in [2.05, 4.69) is 15.4 Å². The topological polar surface area (TPSA) is 168 Å². The van der Waals surface area contributed by atoms with E-state index in [-0.39, 0.29) is 41.2 Å². The zero-order valence-corrected chi connectivity index (χ0v) is 28.3. The molecule has 1 heterocycles. The van der Waals surface area contributed by atoms with Crippen LogP contribution in [-0.4, -0.2) is 55.9 Å². The minimum atomic E-state index is -1.25. The lowest BCUT2D eigenvalue weighted by molar-refractivity contribution is -0.117. The van der Waals surface area contributed by atoms with Crippen molar-refractivity contribution < 1.29 is 43.2 Å². The average Bonchev–Trinajstić information content (AvgIpc) is 3.01. The number of hydrogen-bond acceptors (Lipinski definition) is 11. The maximum atomic E-state index is 12.7. The predicted molar refractivity (Wildman–Crippen MR) is 176 cm³/mol. The number of allylic oxidation sites excluding steroid dienone is 2. The molecule has 14 heteroatoms. The normalized spacial score (nSPS) is 15.8. The lowest BCUT2D eigenvalue weighted by Crippen LogP contribution is -2.47. The third kappa shape index (κ3) is 11.7. The Morgan fingerprint density at radius 1 is 0.957 bits per heavy atom. The zero-order valence-electron chi connectivity index (χ0n) is 26.8. The zero-order chi connectivity index (χ0) is 34.6. The fourth-order valence-corrected chi connectivity index (χ4v) is 5.19. The molecule has 0 bridgehead atoms. The van der Waals surface area contributed by atoms with E-state index in [0.29, 0.717) is 35.7 Å². The molecule has 2 unspecified atom stereocenters. The number of halogens is 2. The van der Waals surface area contributed by atoms with Gasteiger partial charge in [-0.15, -0.1) is 0 Å². The average molecular weight is 695 g/mol. The molecule has 5 N–H and O–H groups in total. The van der Waals surface area contributed by atoms with Gasteiger partial charge in [-0.25, -0.2) is 9.59 Å². The van der Waals surface area contributed by atoms with Crippen LogP contribution in [0.4, 0.5) is 9.59 Å². The first-order valence-electron chi connectivity index (χ1n) is 15.0. The molecule has 47 heavy (non-hydrogen) atoms. The number of rotatable bonds is 16. The maximum Gasteiger partial charge on any atom is 0.513 e. The van der Waals surface area contributed by atoms with Crippen molar-refractivity contribution in [2.75, 3.05) is 26.9 Å². The van der Waals surface area contributed by atoms with Gasteiger partial charge in [0.2, 0.25) is 5.91 Å². The summed E-state index contributed by atoms with van der Waals surface area (Å²) in [4.78, 5) is 35.8. The summed E-state index contributed by atoms with van der Waals surface area (Å²) in [7, 11) is 1.18. The molecule has 0 saturated heterocycles. The number of ether oxygens (including phenoxy) is 5. The first kappa shape index (κ1) is 37.5. The fourth-order valence-electron chi connectivity index (χ4n) is 4.78. The minimum absolute atomic E-state index is 0.0274. The van der Waals surface area contributed by atoms with Gasteiger partial charge in [-0.2, -0.15) is 0 Å². The van der Waals surface area contributed by atoms with Crippen molar-refractivity contribution in [3.8, 4) is 5.75 Å². The number of carbonyl (C=O) groups excluding carboxylic acids is 3. The van der Waals surface area contributed by atoms with Gasteiger partial charge in [-0.05, 0) is 69.5 Å². The van der Waals surface area contributed by atoms with Crippen molar-refractivity contribution in [3.05, 3.63) is 86.5 Å². The van der Waals surface area contributed by atoms with Gasteiger partial charge in [0.1, 0.15) is 35.5 Å². The Bertz CT molecular complexity index is 1480. The van der Waals surface area contributed by atoms with Crippen molar-refractivity contribution in [1.82, 2.24) is 10.6 Å². The molecule has 1 aliphatic rings. The molecular formula is C33H41Cl2N3O9. The number of aliphatic hydroxyl groups is 1. The van der Waals surface area contributed by atoms with E-state index in [9.17, 15) is 19.5 Å². The Morgan fingerprint density at radius 3 is 2.23 bits per heavy atom. The molecular weight excluding hydrogens is 653 g/mol. The number of methoxy groups -OCH3 is 1. The van der Waals surface area contributed by atoms with Gasteiger partial charge in [-0.3, -0.25) is 10.1 Å². The number of nitrogens with two attached hydrogens (primary N) is 1. The molecule has 1 amide bonds. The highest BCUT2D eigenvalue weighted by Gasteiger charge is 2.37. The number of dihydropyridines is 1. The Hall–Kier alpha value is -3.97. The molecule has 3 rings (SSSR count). The molecule has 2 aromatic carbocycles. The van der Waals surface area contributed by atoms with Gasteiger partial charge in [-0.1, -0.05) is 60.3 Å². The van der Waals surface area contributed by atoms with E-state index in [1.807, 2.05) is 0 Å². The molecule has 0 saturated carbocycles. The van der Waals surface area contributed by atoms with Crippen LogP contribution in [0.25, 0.3) is 0 Å². The van der Waals surface area contributed by atoms with Crippen LogP contribution >= 0.6 is 23.2 Å². The Morgan fingerprint density at radius 2 is 1.60 bits per heavy atom. The summed E-state index contributed by atoms with van der Waals surface area (Å²) in [5, 5.41) is 17.2. The van der Waals surface area contributed by atoms with Crippen molar-refractivity contribution in [2.45, 2.75) is 64.5 Å². The highest BCUT2D eigenvalue weighted by molar-refractivity contribution is 6.42. The molecule has 2 atom stereocenters. The first-order valence-corrected chi connectivity index (χ1v) is 15.8. The molecule has 0 spiro atoms.